The molecule has 1 aromatic carbocycles. The number of thiol groups is 1. The van der Waals surface area contributed by atoms with E-state index in [1.165, 1.54) is 0 Å². The minimum absolute atomic E-state index is 0. The molecule has 0 aromatic heterocycles. The van der Waals surface area contributed by atoms with Crippen molar-refractivity contribution < 1.29 is 9.53 Å². The Morgan fingerprint density at radius 2 is 2.06 bits per heavy atom. The van der Waals surface area contributed by atoms with Gasteiger partial charge in [-0.2, -0.15) is 12.6 Å². The summed E-state index contributed by atoms with van der Waals surface area (Å²) in [6.45, 7) is 2.84. The van der Waals surface area contributed by atoms with Crippen LogP contribution in [0.25, 0.3) is 0 Å². The van der Waals surface area contributed by atoms with Crippen LogP contribution in [0, 0.1) is 0 Å². The zero-order chi connectivity index (χ0) is 11.8. The summed E-state index contributed by atoms with van der Waals surface area (Å²) in [7, 11) is 0. The Labute approximate surface area is 114 Å². The second kappa shape index (κ2) is 9.33. The van der Waals surface area contributed by atoms with E-state index in [2.05, 4.69) is 17.9 Å². The predicted octanol–water partition coefficient (Wildman–Crippen LogP) is 2.06. The van der Waals surface area contributed by atoms with E-state index in [1.54, 1.807) is 6.92 Å². The third kappa shape index (κ3) is 5.96. The van der Waals surface area contributed by atoms with Gasteiger partial charge in [0.2, 0.25) is 0 Å². The van der Waals surface area contributed by atoms with Gasteiger partial charge in [-0.1, -0.05) is 30.3 Å². The van der Waals surface area contributed by atoms with Crippen LogP contribution in [0.2, 0.25) is 0 Å². The second-order valence-corrected chi connectivity index (χ2v) is 3.72. The summed E-state index contributed by atoms with van der Waals surface area (Å²) >= 11 is 4.13. The normalized spacial score (nSPS) is 11.4. The van der Waals surface area contributed by atoms with Crippen molar-refractivity contribution in [3.63, 3.8) is 0 Å². The van der Waals surface area contributed by atoms with E-state index in [0.717, 1.165) is 5.56 Å². The van der Waals surface area contributed by atoms with Crippen molar-refractivity contribution in [2.75, 3.05) is 12.4 Å². The lowest BCUT2D eigenvalue weighted by Gasteiger charge is -2.14. The van der Waals surface area contributed by atoms with Gasteiger partial charge in [0, 0.05) is 12.3 Å². The molecule has 0 aliphatic rings. The van der Waals surface area contributed by atoms with E-state index in [-0.39, 0.29) is 24.4 Å². The zero-order valence-electron chi connectivity index (χ0n) is 9.76. The first-order valence-electron chi connectivity index (χ1n) is 5.32. The van der Waals surface area contributed by atoms with Crippen LogP contribution >= 0.6 is 25.0 Å². The van der Waals surface area contributed by atoms with Gasteiger partial charge in [0.05, 0.1) is 6.61 Å². The summed E-state index contributed by atoms with van der Waals surface area (Å²) in [5.74, 6) is 0.194. The first kappa shape index (κ1) is 16.3. The van der Waals surface area contributed by atoms with Crippen LogP contribution in [-0.4, -0.2) is 24.4 Å². The highest BCUT2D eigenvalue weighted by Crippen LogP contribution is 2.00. The number of carbonyl (C=O) groups is 1. The van der Waals surface area contributed by atoms with Gasteiger partial charge in [0.25, 0.3) is 0 Å². The molecule has 1 aromatic rings. The quantitative estimate of drug-likeness (QED) is 0.617. The maximum atomic E-state index is 11.5. The van der Waals surface area contributed by atoms with Crippen molar-refractivity contribution in [2.24, 2.45) is 0 Å². The maximum absolute atomic E-state index is 11.5. The molecule has 0 aliphatic heterocycles. The smallest absolute Gasteiger partial charge is 0.323 e. The largest absolute Gasteiger partial charge is 0.465 e. The van der Waals surface area contributed by atoms with E-state index in [9.17, 15) is 4.79 Å². The molecular weight excluding hydrogens is 258 g/mol. The molecule has 1 N–H and O–H groups in total. The molecule has 0 fully saturated rings. The average Bonchev–Trinajstić information content (AvgIpc) is 2.31. The van der Waals surface area contributed by atoms with Crippen molar-refractivity contribution in [2.45, 2.75) is 19.5 Å². The minimum atomic E-state index is -0.344. The van der Waals surface area contributed by atoms with Crippen LogP contribution in [0.3, 0.4) is 0 Å². The van der Waals surface area contributed by atoms with Gasteiger partial charge < -0.3 is 4.74 Å². The fraction of sp³-hybridized carbons (Fsp3) is 0.417. The number of carbonyl (C=O) groups excluding carboxylic acids is 1. The second-order valence-electron chi connectivity index (χ2n) is 3.35. The summed E-state index contributed by atoms with van der Waals surface area (Å²) in [4.78, 5) is 11.5. The third-order valence-corrected chi connectivity index (χ3v) is 2.51. The Morgan fingerprint density at radius 1 is 1.41 bits per heavy atom. The number of nitrogens with one attached hydrogen (secondary N) is 1. The number of hydrogen-bond donors (Lipinski definition) is 2. The van der Waals surface area contributed by atoms with E-state index in [0.29, 0.717) is 18.9 Å². The van der Waals surface area contributed by atoms with Crippen LogP contribution in [0.5, 0.6) is 0 Å². The van der Waals surface area contributed by atoms with Crippen molar-refractivity contribution in [3.8, 4) is 0 Å². The summed E-state index contributed by atoms with van der Waals surface area (Å²) in [5, 5.41) is 3.12. The number of hydrogen-bond acceptors (Lipinski definition) is 4. The molecule has 5 heteroatoms. The highest BCUT2D eigenvalue weighted by Gasteiger charge is 2.16. The Hall–Kier alpha value is -0.710. The van der Waals surface area contributed by atoms with Gasteiger partial charge >= 0.3 is 5.97 Å². The molecule has 0 unspecified atom stereocenters. The van der Waals surface area contributed by atoms with Crippen molar-refractivity contribution in [3.05, 3.63) is 35.9 Å². The zero-order valence-corrected chi connectivity index (χ0v) is 11.5. The van der Waals surface area contributed by atoms with Crippen LogP contribution < -0.4 is 5.32 Å². The predicted molar refractivity (Wildman–Crippen MR) is 74.8 cm³/mol. The van der Waals surface area contributed by atoms with Gasteiger partial charge in [0.1, 0.15) is 6.04 Å². The number of halogens is 1. The van der Waals surface area contributed by atoms with Gasteiger partial charge in [-0.05, 0) is 12.5 Å². The van der Waals surface area contributed by atoms with Crippen molar-refractivity contribution in [1.29, 1.82) is 0 Å². The number of ether oxygens (including phenoxy) is 1. The van der Waals surface area contributed by atoms with Crippen LogP contribution in [0.15, 0.2) is 30.3 Å². The molecule has 0 aliphatic carbocycles. The SMILES string of the molecule is CCOC(=O)[C@H](CS)NCc1ccccc1.Cl. The monoisotopic (exact) mass is 275 g/mol. The molecule has 1 rings (SSSR count). The fourth-order valence-electron chi connectivity index (χ4n) is 1.30. The molecule has 3 nitrogen and oxygen atoms in total. The number of benzene rings is 1. The van der Waals surface area contributed by atoms with Gasteiger partial charge in [-0.25, -0.2) is 0 Å². The molecule has 0 radical (unpaired) electrons. The lowest BCUT2D eigenvalue weighted by atomic mass is 10.2. The van der Waals surface area contributed by atoms with Gasteiger partial charge in [-0.3, -0.25) is 10.1 Å². The van der Waals surface area contributed by atoms with Crippen LogP contribution in [0.4, 0.5) is 0 Å². The van der Waals surface area contributed by atoms with Crippen molar-refractivity contribution >= 4 is 31.0 Å². The molecule has 0 amide bonds. The van der Waals surface area contributed by atoms with E-state index in [4.69, 9.17) is 4.74 Å². The van der Waals surface area contributed by atoms with E-state index < -0.39 is 0 Å². The average molecular weight is 276 g/mol. The first-order valence-corrected chi connectivity index (χ1v) is 5.96. The lowest BCUT2D eigenvalue weighted by Crippen LogP contribution is -2.39. The molecule has 0 saturated carbocycles. The molecular formula is C12H18ClNO2S. The highest BCUT2D eigenvalue weighted by atomic mass is 35.5. The third-order valence-electron chi connectivity index (χ3n) is 2.15. The molecule has 0 heterocycles. The minimum Gasteiger partial charge on any atom is -0.465 e. The number of esters is 1. The van der Waals surface area contributed by atoms with Gasteiger partial charge in [-0.15, -0.1) is 12.4 Å². The standard InChI is InChI=1S/C12H17NO2S.ClH/c1-2-15-12(14)11(9-16)13-8-10-6-4-3-5-7-10;/h3-7,11,13,16H,2,8-9H2,1H3;1H/t11-;/m0./s1. The van der Waals surface area contributed by atoms with Crippen LogP contribution in [-0.2, 0) is 16.1 Å². The number of rotatable bonds is 6. The van der Waals surface area contributed by atoms with E-state index >= 15 is 0 Å². The Kier molecular flexibility index (Phi) is 8.94. The Balaban J connectivity index is 0.00000256. The summed E-state index contributed by atoms with van der Waals surface area (Å²) in [6, 6.07) is 9.57. The molecule has 96 valence electrons. The lowest BCUT2D eigenvalue weighted by molar-refractivity contribution is -0.145. The molecule has 0 saturated heterocycles. The fourth-order valence-corrected chi connectivity index (χ4v) is 1.58. The van der Waals surface area contributed by atoms with Crippen LogP contribution in [0.1, 0.15) is 12.5 Å². The molecule has 0 bridgehead atoms. The maximum Gasteiger partial charge on any atom is 0.323 e. The van der Waals surface area contributed by atoms with Gasteiger partial charge in [0.15, 0.2) is 0 Å². The summed E-state index contributed by atoms with van der Waals surface area (Å²) in [5.41, 5.74) is 1.14. The van der Waals surface area contributed by atoms with Crippen molar-refractivity contribution in [1.82, 2.24) is 5.32 Å². The first-order chi connectivity index (χ1) is 7.77. The summed E-state index contributed by atoms with van der Waals surface area (Å²) < 4.78 is 4.93. The Bertz CT molecular complexity index is 322. The topological polar surface area (TPSA) is 38.3 Å². The molecule has 1 atom stereocenters. The molecule has 0 spiro atoms. The molecule has 17 heavy (non-hydrogen) atoms. The van der Waals surface area contributed by atoms with E-state index in [1.807, 2.05) is 30.3 Å². The summed E-state index contributed by atoms with van der Waals surface area (Å²) in [6.07, 6.45) is 0. The highest BCUT2D eigenvalue weighted by molar-refractivity contribution is 7.80. The Morgan fingerprint density at radius 3 is 2.59 bits per heavy atom.